The smallest absolute Gasteiger partial charge is 0.254 e. The van der Waals surface area contributed by atoms with E-state index < -0.39 is 0 Å². The molecule has 1 aromatic rings. The summed E-state index contributed by atoms with van der Waals surface area (Å²) in [6.45, 7) is 10.8. The van der Waals surface area contributed by atoms with Crippen molar-refractivity contribution in [1.29, 1.82) is 0 Å². The van der Waals surface area contributed by atoms with Gasteiger partial charge in [0.1, 0.15) is 0 Å². The van der Waals surface area contributed by atoms with Crippen LogP contribution in [0.25, 0.3) is 0 Å². The molecule has 0 aliphatic carbocycles. The summed E-state index contributed by atoms with van der Waals surface area (Å²) >= 11 is 0. The normalized spacial score (nSPS) is 18.8. The molecule has 1 amide bonds. The zero-order chi connectivity index (χ0) is 13.3. The van der Waals surface area contributed by atoms with Crippen molar-refractivity contribution >= 4 is 5.91 Å². The van der Waals surface area contributed by atoms with E-state index in [2.05, 4.69) is 19.2 Å². The van der Waals surface area contributed by atoms with Crippen molar-refractivity contribution < 1.29 is 4.79 Å². The minimum absolute atomic E-state index is 0.121. The van der Waals surface area contributed by atoms with Gasteiger partial charge in [0.15, 0.2) is 0 Å². The molecule has 1 heterocycles. The number of rotatable bonds is 1. The number of nitrogens with zero attached hydrogens (tertiary/aromatic N) is 1. The summed E-state index contributed by atoms with van der Waals surface area (Å²) in [4.78, 5) is 14.8. The SMILES string of the molecule is Cc1cccc(C)c1C(=O)N1CCNCC1(C)C. The predicted octanol–water partition coefficient (Wildman–Crippen LogP) is 2.13. The average molecular weight is 246 g/mol. The van der Waals surface area contributed by atoms with Crippen LogP contribution in [0.2, 0.25) is 0 Å². The Morgan fingerprint density at radius 2 is 1.89 bits per heavy atom. The van der Waals surface area contributed by atoms with E-state index in [4.69, 9.17) is 0 Å². The Kier molecular flexibility index (Phi) is 3.44. The summed E-state index contributed by atoms with van der Waals surface area (Å²) in [6.07, 6.45) is 0. The topological polar surface area (TPSA) is 32.3 Å². The summed E-state index contributed by atoms with van der Waals surface area (Å²) in [5.74, 6) is 0.164. The second-order valence-corrected chi connectivity index (χ2v) is 5.71. The second-order valence-electron chi connectivity index (χ2n) is 5.71. The first-order chi connectivity index (χ1) is 8.43. The molecular weight excluding hydrogens is 224 g/mol. The molecule has 1 N–H and O–H groups in total. The van der Waals surface area contributed by atoms with Crippen LogP contribution in [0.3, 0.4) is 0 Å². The molecule has 1 aromatic carbocycles. The van der Waals surface area contributed by atoms with Crippen molar-refractivity contribution in [2.24, 2.45) is 0 Å². The lowest BCUT2D eigenvalue weighted by atomic mass is 9.95. The Morgan fingerprint density at radius 3 is 2.44 bits per heavy atom. The molecule has 2 rings (SSSR count). The lowest BCUT2D eigenvalue weighted by Crippen LogP contribution is -2.60. The number of carbonyl (C=O) groups is 1. The van der Waals surface area contributed by atoms with E-state index in [-0.39, 0.29) is 11.4 Å². The highest BCUT2D eigenvalue weighted by Gasteiger charge is 2.34. The summed E-state index contributed by atoms with van der Waals surface area (Å²) in [5.41, 5.74) is 2.88. The fraction of sp³-hybridized carbons (Fsp3) is 0.533. The third-order valence-electron chi connectivity index (χ3n) is 3.74. The quantitative estimate of drug-likeness (QED) is 0.823. The Bertz CT molecular complexity index is 445. The first-order valence-electron chi connectivity index (χ1n) is 6.52. The van der Waals surface area contributed by atoms with Gasteiger partial charge in [0.2, 0.25) is 0 Å². The van der Waals surface area contributed by atoms with Crippen molar-refractivity contribution in [2.45, 2.75) is 33.2 Å². The van der Waals surface area contributed by atoms with E-state index in [0.717, 1.165) is 36.3 Å². The molecule has 0 bridgehead atoms. The first kappa shape index (κ1) is 13.1. The molecule has 0 unspecified atom stereocenters. The Balaban J connectivity index is 2.36. The highest BCUT2D eigenvalue weighted by atomic mass is 16.2. The van der Waals surface area contributed by atoms with Crippen molar-refractivity contribution in [3.05, 3.63) is 34.9 Å². The number of nitrogens with one attached hydrogen (secondary N) is 1. The number of piperazine rings is 1. The van der Waals surface area contributed by atoms with Crippen molar-refractivity contribution in [3.8, 4) is 0 Å². The van der Waals surface area contributed by atoms with E-state index >= 15 is 0 Å². The van der Waals surface area contributed by atoms with Gasteiger partial charge in [0.25, 0.3) is 5.91 Å². The van der Waals surface area contributed by atoms with Crippen LogP contribution in [0.4, 0.5) is 0 Å². The molecule has 1 aliphatic heterocycles. The van der Waals surface area contributed by atoms with Crippen LogP contribution < -0.4 is 5.32 Å². The average Bonchev–Trinajstić information content (AvgIpc) is 2.27. The maximum atomic E-state index is 12.8. The van der Waals surface area contributed by atoms with E-state index in [0.29, 0.717) is 0 Å². The lowest BCUT2D eigenvalue weighted by Gasteiger charge is -2.43. The summed E-state index contributed by atoms with van der Waals surface area (Å²) in [7, 11) is 0. The number of carbonyl (C=O) groups excluding carboxylic acids is 1. The van der Waals surface area contributed by atoms with Gasteiger partial charge in [-0.05, 0) is 38.8 Å². The molecule has 0 radical (unpaired) electrons. The van der Waals surface area contributed by atoms with Crippen LogP contribution in [0.5, 0.6) is 0 Å². The second kappa shape index (κ2) is 4.73. The molecule has 0 spiro atoms. The summed E-state index contributed by atoms with van der Waals surface area (Å²) < 4.78 is 0. The molecule has 0 atom stereocenters. The number of aryl methyl sites for hydroxylation is 2. The number of amides is 1. The molecule has 1 saturated heterocycles. The van der Waals surface area contributed by atoms with Crippen LogP contribution in [0.15, 0.2) is 18.2 Å². The van der Waals surface area contributed by atoms with Crippen LogP contribution in [0, 0.1) is 13.8 Å². The van der Waals surface area contributed by atoms with E-state index in [9.17, 15) is 4.79 Å². The molecule has 0 aromatic heterocycles. The van der Waals surface area contributed by atoms with E-state index in [1.54, 1.807) is 0 Å². The molecule has 0 saturated carbocycles. The third-order valence-corrected chi connectivity index (χ3v) is 3.74. The monoisotopic (exact) mass is 246 g/mol. The van der Waals surface area contributed by atoms with Crippen LogP contribution in [-0.2, 0) is 0 Å². The molecule has 1 fully saturated rings. The summed E-state index contributed by atoms with van der Waals surface area (Å²) in [5, 5.41) is 3.35. The van der Waals surface area contributed by atoms with Gasteiger partial charge in [0, 0.05) is 25.2 Å². The van der Waals surface area contributed by atoms with E-state index in [1.165, 1.54) is 0 Å². The standard InChI is InChI=1S/C15H22N2O/c1-11-6-5-7-12(2)13(11)14(18)17-9-8-16-10-15(17,3)4/h5-7,16H,8-10H2,1-4H3. The third kappa shape index (κ3) is 2.27. The molecule has 3 heteroatoms. The van der Waals surface area contributed by atoms with Crippen molar-refractivity contribution in [3.63, 3.8) is 0 Å². The van der Waals surface area contributed by atoms with Crippen molar-refractivity contribution in [2.75, 3.05) is 19.6 Å². The maximum Gasteiger partial charge on any atom is 0.254 e. The van der Waals surface area contributed by atoms with Crippen molar-refractivity contribution in [1.82, 2.24) is 10.2 Å². The molecule has 18 heavy (non-hydrogen) atoms. The molecule has 98 valence electrons. The molecular formula is C15H22N2O. The Morgan fingerprint density at radius 1 is 1.28 bits per heavy atom. The number of hydrogen-bond acceptors (Lipinski definition) is 2. The van der Waals surface area contributed by atoms with Gasteiger partial charge in [-0.1, -0.05) is 18.2 Å². The zero-order valence-corrected chi connectivity index (χ0v) is 11.7. The Hall–Kier alpha value is -1.35. The largest absolute Gasteiger partial charge is 0.331 e. The van der Waals surface area contributed by atoms with Gasteiger partial charge in [-0.25, -0.2) is 0 Å². The van der Waals surface area contributed by atoms with Gasteiger partial charge in [-0.15, -0.1) is 0 Å². The number of hydrogen-bond donors (Lipinski definition) is 1. The van der Waals surface area contributed by atoms with Gasteiger partial charge in [-0.2, -0.15) is 0 Å². The van der Waals surface area contributed by atoms with E-state index in [1.807, 2.05) is 36.9 Å². The first-order valence-corrected chi connectivity index (χ1v) is 6.52. The van der Waals surface area contributed by atoms with Gasteiger partial charge >= 0.3 is 0 Å². The summed E-state index contributed by atoms with van der Waals surface area (Å²) in [6, 6.07) is 6.02. The Labute approximate surface area is 109 Å². The van der Waals surface area contributed by atoms with Crippen LogP contribution >= 0.6 is 0 Å². The van der Waals surface area contributed by atoms with Gasteiger partial charge < -0.3 is 10.2 Å². The fourth-order valence-electron chi connectivity index (χ4n) is 2.65. The van der Waals surface area contributed by atoms with Crippen LogP contribution in [-0.4, -0.2) is 36.0 Å². The predicted molar refractivity (Wildman–Crippen MR) is 73.9 cm³/mol. The lowest BCUT2D eigenvalue weighted by molar-refractivity contribution is 0.0476. The van der Waals surface area contributed by atoms with Gasteiger partial charge in [-0.3, -0.25) is 4.79 Å². The van der Waals surface area contributed by atoms with Crippen LogP contribution in [0.1, 0.15) is 35.3 Å². The minimum atomic E-state index is -0.121. The minimum Gasteiger partial charge on any atom is -0.331 e. The highest BCUT2D eigenvalue weighted by molar-refractivity contribution is 5.97. The maximum absolute atomic E-state index is 12.8. The zero-order valence-electron chi connectivity index (χ0n) is 11.7. The highest BCUT2D eigenvalue weighted by Crippen LogP contribution is 2.23. The van der Waals surface area contributed by atoms with Gasteiger partial charge in [0.05, 0.1) is 5.54 Å². The fourth-order valence-corrected chi connectivity index (χ4v) is 2.65. The molecule has 1 aliphatic rings. The molecule has 3 nitrogen and oxygen atoms in total. The number of benzene rings is 1.